The number of aliphatic hydroxyl groups is 2. The lowest BCUT2D eigenvalue weighted by Gasteiger charge is -1.97. The fourth-order valence-electron chi connectivity index (χ4n) is 0.711. The summed E-state index contributed by atoms with van der Waals surface area (Å²) < 4.78 is 4.71. The van der Waals surface area contributed by atoms with Crippen LogP contribution in [0, 0.1) is 0 Å². The number of hydrogen-bond acceptors (Lipinski definition) is 4. The number of ketones is 1. The summed E-state index contributed by atoms with van der Waals surface area (Å²) in [5.74, 6) is -0.256. The Hall–Kier alpha value is -1.29. The highest BCUT2D eigenvalue weighted by Gasteiger charge is 2.09. The molecular formula is C7H8O4. The number of aliphatic hydroxyl groups excluding tert-OH is 2. The highest BCUT2D eigenvalue weighted by Crippen LogP contribution is 2.09. The van der Waals surface area contributed by atoms with Gasteiger partial charge in [0.25, 0.3) is 0 Å². The molecule has 0 atom stereocenters. The van der Waals surface area contributed by atoms with Gasteiger partial charge in [0.05, 0.1) is 6.42 Å². The van der Waals surface area contributed by atoms with E-state index in [9.17, 15) is 4.79 Å². The summed E-state index contributed by atoms with van der Waals surface area (Å²) in [4.78, 5) is 10.8. The lowest BCUT2D eigenvalue weighted by Crippen LogP contribution is -1.96. The predicted octanol–water partition coefficient (Wildman–Crippen LogP) is 0.251. The molecule has 0 saturated heterocycles. The molecule has 1 rings (SSSR count). The number of carbonyl (C=O) groups is 1. The van der Waals surface area contributed by atoms with Crippen molar-refractivity contribution in [1.82, 2.24) is 0 Å². The third-order valence-electron chi connectivity index (χ3n) is 1.18. The third-order valence-corrected chi connectivity index (χ3v) is 1.18. The summed E-state index contributed by atoms with van der Waals surface area (Å²) >= 11 is 0. The van der Waals surface area contributed by atoms with Crippen LogP contribution in [0.25, 0.3) is 0 Å². The summed E-state index contributed by atoms with van der Waals surface area (Å²) in [7, 11) is 0. The average Bonchev–Trinajstić information content (AvgIpc) is 2.11. The summed E-state index contributed by atoms with van der Waals surface area (Å²) in [6.07, 6.45) is 2.15. The summed E-state index contributed by atoms with van der Waals surface area (Å²) in [6, 6.07) is 0. The maximum Gasteiger partial charge on any atom is 0.166 e. The minimum atomic E-state index is -0.338. The largest absolute Gasteiger partial charge is 0.509 e. The summed E-state index contributed by atoms with van der Waals surface area (Å²) in [5.41, 5.74) is 0. The number of ether oxygens (including phenoxy) is 1. The van der Waals surface area contributed by atoms with Crippen molar-refractivity contribution in [1.29, 1.82) is 0 Å². The molecule has 60 valence electrons. The molecule has 0 amide bonds. The zero-order valence-electron chi connectivity index (χ0n) is 5.78. The molecule has 0 saturated carbocycles. The SMILES string of the molecule is O=C1C=C(CO)OC=C(O)C1. The molecule has 0 aromatic heterocycles. The lowest BCUT2D eigenvalue weighted by atomic mass is 10.2. The Bertz CT molecular complexity index is 227. The monoisotopic (exact) mass is 156 g/mol. The summed E-state index contributed by atoms with van der Waals surface area (Å²) in [6.45, 7) is -0.338. The van der Waals surface area contributed by atoms with E-state index in [0.717, 1.165) is 6.26 Å². The van der Waals surface area contributed by atoms with Crippen molar-refractivity contribution in [2.24, 2.45) is 0 Å². The van der Waals surface area contributed by atoms with E-state index in [1.54, 1.807) is 0 Å². The number of allylic oxidation sites excluding steroid dienone is 2. The Morgan fingerprint density at radius 1 is 1.64 bits per heavy atom. The fraction of sp³-hybridized carbons (Fsp3) is 0.286. The van der Waals surface area contributed by atoms with Gasteiger partial charge in [-0.05, 0) is 0 Å². The van der Waals surface area contributed by atoms with E-state index < -0.39 is 0 Å². The first-order chi connectivity index (χ1) is 5.22. The van der Waals surface area contributed by atoms with Crippen LogP contribution in [0.5, 0.6) is 0 Å². The fourth-order valence-corrected chi connectivity index (χ4v) is 0.711. The van der Waals surface area contributed by atoms with Crippen LogP contribution in [0.2, 0.25) is 0 Å². The van der Waals surface area contributed by atoms with Crippen LogP contribution < -0.4 is 0 Å². The van der Waals surface area contributed by atoms with Gasteiger partial charge in [0.2, 0.25) is 0 Å². The van der Waals surface area contributed by atoms with Crippen molar-refractivity contribution in [2.75, 3.05) is 6.61 Å². The Morgan fingerprint density at radius 3 is 3.00 bits per heavy atom. The van der Waals surface area contributed by atoms with E-state index in [2.05, 4.69) is 0 Å². The standard InChI is InChI=1S/C7H8O4/c8-3-7-2-5(9)1-6(10)4-11-7/h2,4,8,10H,1,3H2. The minimum Gasteiger partial charge on any atom is -0.509 e. The highest BCUT2D eigenvalue weighted by atomic mass is 16.5. The van der Waals surface area contributed by atoms with Crippen LogP contribution in [0.4, 0.5) is 0 Å². The molecule has 0 unspecified atom stereocenters. The molecule has 2 N–H and O–H groups in total. The molecule has 4 heteroatoms. The van der Waals surface area contributed by atoms with Crippen LogP contribution in [0.3, 0.4) is 0 Å². The second-order valence-electron chi connectivity index (χ2n) is 2.14. The molecule has 0 aromatic carbocycles. The van der Waals surface area contributed by atoms with Crippen molar-refractivity contribution in [3.8, 4) is 0 Å². The summed E-state index contributed by atoms with van der Waals surface area (Å²) in [5, 5.41) is 17.4. The minimum absolute atomic E-state index is 0.0660. The van der Waals surface area contributed by atoms with Crippen LogP contribution in [0.15, 0.2) is 23.9 Å². The second-order valence-corrected chi connectivity index (χ2v) is 2.14. The van der Waals surface area contributed by atoms with Crippen molar-refractivity contribution < 1.29 is 19.7 Å². The molecule has 0 aromatic rings. The zero-order chi connectivity index (χ0) is 8.27. The van der Waals surface area contributed by atoms with Gasteiger partial charge in [-0.2, -0.15) is 0 Å². The van der Waals surface area contributed by atoms with E-state index >= 15 is 0 Å². The van der Waals surface area contributed by atoms with Crippen LogP contribution in [-0.4, -0.2) is 22.6 Å². The Labute approximate surface area is 63.4 Å². The van der Waals surface area contributed by atoms with Gasteiger partial charge >= 0.3 is 0 Å². The van der Waals surface area contributed by atoms with Crippen molar-refractivity contribution in [3.05, 3.63) is 23.9 Å². The number of carbonyl (C=O) groups excluding carboxylic acids is 1. The van der Waals surface area contributed by atoms with E-state index in [1.165, 1.54) is 6.08 Å². The zero-order valence-corrected chi connectivity index (χ0v) is 5.78. The topological polar surface area (TPSA) is 66.8 Å². The molecular weight excluding hydrogens is 148 g/mol. The first kappa shape index (κ1) is 7.81. The third kappa shape index (κ3) is 2.09. The van der Waals surface area contributed by atoms with Gasteiger partial charge in [-0.1, -0.05) is 0 Å². The highest BCUT2D eigenvalue weighted by molar-refractivity contribution is 5.91. The van der Waals surface area contributed by atoms with Gasteiger partial charge in [0.1, 0.15) is 24.4 Å². The van der Waals surface area contributed by atoms with Crippen LogP contribution in [0.1, 0.15) is 6.42 Å². The number of rotatable bonds is 1. The van der Waals surface area contributed by atoms with Gasteiger partial charge < -0.3 is 14.9 Å². The van der Waals surface area contributed by atoms with Gasteiger partial charge in [0, 0.05) is 6.08 Å². The normalized spacial score (nSPS) is 18.1. The van der Waals surface area contributed by atoms with Gasteiger partial charge in [-0.15, -0.1) is 0 Å². The van der Waals surface area contributed by atoms with E-state index in [0.29, 0.717) is 0 Å². The van der Waals surface area contributed by atoms with Gasteiger partial charge in [-0.3, -0.25) is 4.79 Å². The molecule has 0 aliphatic carbocycles. The Kier molecular flexibility index (Phi) is 2.28. The molecule has 4 nitrogen and oxygen atoms in total. The molecule has 0 bridgehead atoms. The molecule has 0 radical (unpaired) electrons. The quantitative estimate of drug-likeness (QED) is 0.571. The molecule has 1 heterocycles. The lowest BCUT2D eigenvalue weighted by molar-refractivity contribution is -0.114. The first-order valence-electron chi connectivity index (χ1n) is 3.11. The Morgan fingerprint density at radius 2 is 2.36 bits per heavy atom. The van der Waals surface area contributed by atoms with Gasteiger partial charge in [-0.25, -0.2) is 0 Å². The second kappa shape index (κ2) is 3.21. The van der Waals surface area contributed by atoms with E-state index in [1.807, 2.05) is 0 Å². The van der Waals surface area contributed by atoms with Crippen LogP contribution >= 0.6 is 0 Å². The average molecular weight is 156 g/mol. The van der Waals surface area contributed by atoms with E-state index in [-0.39, 0.29) is 30.3 Å². The molecule has 0 spiro atoms. The molecule has 0 fully saturated rings. The first-order valence-corrected chi connectivity index (χ1v) is 3.11. The predicted molar refractivity (Wildman–Crippen MR) is 36.6 cm³/mol. The molecule has 1 aliphatic rings. The Balaban J connectivity index is 2.77. The maximum atomic E-state index is 10.8. The van der Waals surface area contributed by atoms with Gasteiger partial charge in [0.15, 0.2) is 5.78 Å². The molecule has 1 aliphatic heterocycles. The van der Waals surface area contributed by atoms with Crippen LogP contribution in [-0.2, 0) is 9.53 Å². The van der Waals surface area contributed by atoms with Crippen molar-refractivity contribution in [3.63, 3.8) is 0 Å². The smallest absolute Gasteiger partial charge is 0.166 e. The molecule has 11 heavy (non-hydrogen) atoms. The van der Waals surface area contributed by atoms with Crippen molar-refractivity contribution in [2.45, 2.75) is 6.42 Å². The maximum absolute atomic E-state index is 10.8. The number of hydrogen-bond donors (Lipinski definition) is 2. The van der Waals surface area contributed by atoms with E-state index in [4.69, 9.17) is 14.9 Å². The van der Waals surface area contributed by atoms with Crippen molar-refractivity contribution >= 4 is 5.78 Å².